The van der Waals surface area contributed by atoms with Crippen molar-refractivity contribution in [2.45, 2.75) is 19.4 Å². The van der Waals surface area contributed by atoms with Crippen LogP contribution in [0.1, 0.15) is 18.7 Å². The number of H-pyrrole nitrogens is 1. The molecule has 0 radical (unpaired) electrons. The largest absolute Gasteiger partial charge is 0.373 e. The third-order valence-electron chi connectivity index (χ3n) is 3.07. The standard InChI is InChI=1S/C12H17N5/c1-13-10-5-4-9-12(16-10)17-11(15-9)7-14-6-8-2-3-8/h4-5,8,14H,2-3,6-7H2,1H3,(H2,13,15,16,17). The monoisotopic (exact) mass is 231 g/mol. The molecule has 5 heteroatoms. The molecule has 1 fully saturated rings. The molecule has 0 spiro atoms. The van der Waals surface area contributed by atoms with Crippen LogP contribution in [0.25, 0.3) is 11.2 Å². The van der Waals surface area contributed by atoms with E-state index < -0.39 is 0 Å². The fourth-order valence-corrected chi connectivity index (χ4v) is 1.88. The smallest absolute Gasteiger partial charge is 0.179 e. The van der Waals surface area contributed by atoms with Crippen molar-refractivity contribution in [1.29, 1.82) is 0 Å². The van der Waals surface area contributed by atoms with Gasteiger partial charge < -0.3 is 15.6 Å². The van der Waals surface area contributed by atoms with Crippen molar-refractivity contribution in [3.05, 3.63) is 18.0 Å². The number of hydrogen-bond acceptors (Lipinski definition) is 4. The maximum Gasteiger partial charge on any atom is 0.179 e. The zero-order valence-corrected chi connectivity index (χ0v) is 9.95. The third-order valence-corrected chi connectivity index (χ3v) is 3.07. The van der Waals surface area contributed by atoms with Crippen LogP contribution in [0.4, 0.5) is 5.82 Å². The van der Waals surface area contributed by atoms with E-state index in [9.17, 15) is 0 Å². The van der Waals surface area contributed by atoms with Crippen molar-refractivity contribution in [1.82, 2.24) is 20.3 Å². The van der Waals surface area contributed by atoms with Gasteiger partial charge in [0.2, 0.25) is 0 Å². The molecular formula is C12H17N5. The molecule has 0 aromatic carbocycles. The van der Waals surface area contributed by atoms with Gasteiger partial charge in [-0.05, 0) is 37.4 Å². The first kappa shape index (κ1) is 10.5. The maximum atomic E-state index is 4.47. The van der Waals surface area contributed by atoms with Crippen molar-refractivity contribution in [2.75, 3.05) is 18.9 Å². The molecule has 1 aliphatic carbocycles. The fourth-order valence-electron chi connectivity index (χ4n) is 1.88. The predicted molar refractivity (Wildman–Crippen MR) is 67.9 cm³/mol. The van der Waals surface area contributed by atoms with E-state index in [4.69, 9.17) is 0 Å². The Labute approximate surface area is 100 Å². The fraction of sp³-hybridized carbons (Fsp3) is 0.500. The first-order valence-corrected chi connectivity index (χ1v) is 6.09. The number of fused-ring (bicyclic) bond motifs is 1. The highest BCUT2D eigenvalue weighted by atomic mass is 15.1. The van der Waals surface area contributed by atoms with Crippen LogP contribution in [0.5, 0.6) is 0 Å². The van der Waals surface area contributed by atoms with E-state index in [1.165, 1.54) is 12.8 Å². The Balaban J connectivity index is 1.71. The zero-order chi connectivity index (χ0) is 11.7. The van der Waals surface area contributed by atoms with Crippen LogP contribution in [0.15, 0.2) is 12.1 Å². The molecule has 3 rings (SSSR count). The molecule has 90 valence electrons. The van der Waals surface area contributed by atoms with Gasteiger partial charge in [-0.1, -0.05) is 0 Å². The lowest BCUT2D eigenvalue weighted by Gasteiger charge is -1.98. The number of pyridine rings is 1. The van der Waals surface area contributed by atoms with Crippen LogP contribution in [0.2, 0.25) is 0 Å². The number of hydrogen-bond donors (Lipinski definition) is 3. The van der Waals surface area contributed by atoms with Gasteiger partial charge in [0.15, 0.2) is 5.65 Å². The summed E-state index contributed by atoms with van der Waals surface area (Å²) < 4.78 is 0. The summed E-state index contributed by atoms with van der Waals surface area (Å²) in [6.07, 6.45) is 2.75. The van der Waals surface area contributed by atoms with Crippen molar-refractivity contribution in [3.8, 4) is 0 Å². The second-order valence-corrected chi connectivity index (χ2v) is 4.58. The Morgan fingerprint density at radius 3 is 3.00 bits per heavy atom. The van der Waals surface area contributed by atoms with Gasteiger partial charge in [0.25, 0.3) is 0 Å². The molecule has 0 aliphatic heterocycles. The van der Waals surface area contributed by atoms with Gasteiger partial charge in [-0.15, -0.1) is 0 Å². The Bertz CT molecular complexity index is 515. The summed E-state index contributed by atoms with van der Waals surface area (Å²) in [4.78, 5) is 12.1. The minimum Gasteiger partial charge on any atom is -0.373 e. The van der Waals surface area contributed by atoms with Crippen molar-refractivity contribution in [3.63, 3.8) is 0 Å². The van der Waals surface area contributed by atoms with Gasteiger partial charge in [-0.25, -0.2) is 9.97 Å². The van der Waals surface area contributed by atoms with E-state index in [1.54, 1.807) is 0 Å². The van der Waals surface area contributed by atoms with Crippen molar-refractivity contribution in [2.24, 2.45) is 5.92 Å². The van der Waals surface area contributed by atoms with Gasteiger partial charge >= 0.3 is 0 Å². The molecule has 0 atom stereocenters. The SMILES string of the molecule is CNc1ccc2[nH]c(CNCC3CC3)nc2n1. The molecule has 17 heavy (non-hydrogen) atoms. The van der Waals surface area contributed by atoms with Crippen molar-refractivity contribution < 1.29 is 0 Å². The highest BCUT2D eigenvalue weighted by Gasteiger charge is 2.20. The molecule has 2 aromatic heterocycles. The van der Waals surface area contributed by atoms with Crippen LogP contribution in [0, 0.1) is 5.92 Å². The highest BCUT2D eigenvalue weighted by molar-refractivity contribution is 5.72. The molecule has 3 N–H and O–H groups in total. The maximum absolute atomic E-state index is 4.47. The summed E-state index contributed by atoms with van der Waals surface area (Å²) in [5, 5.41) is 6.43. The third kappa shape index (κ3) is 2.39. The number of anilines is 1. The minimum atomic E-state index is 0.778. The van der Waals surface area contributed by atoms with Gasteiger partial charge in [0.05, 0.1) is 12.1 Å². The lowest BCUT2D eigenvalue weighted by molar-refractivity contribution is 0.624. The summed E-state index contributed by atoms with van der Waals surface area (Å²) in [6, 6.07) is 3.95. The lowest BCUT2D eigenvalue weighted by atomic mass is 10.4. The summed E-state index contributed by atoms with van der Waals surface area (Å²) in [5.41, 5.74) is 1.77. The topological polar surface area (TPSA) is 65.6 Å². The average molecular weight is 231 g/mol. The van der Waals surface area contributed by atoms with Gasteiger partial charge in [0.1, 0.15) is 11.6 Å². The summed E-state index contributed by atoms with van der Waals surface area (Å²) >= 11 is 0. The van der Waals surface area contributed by atoms with E-state index in [0.29, 0.717) is 0 Å². The molecule has 1 saturated carbocycles. The minimum absolute atomic E-state index is 0.778. The van der Waals surface area contributed by atoms with E-state index >= 15 is 0 Å². The van der Waals surface area contributed by atoms with E-state index in [1.807, 2.05) is 19.2 Å². The number of imidazole rings is 1. The van der Waals surface area contributed by atoms with E-state index in [-0.39, 0.29) is 0 Å². The number of rotatable bonds is 5. The Hall–Kier alpha value is -1.62. The lowest BCUT2D eigenvalue weighted by Crippen LogP contribution is -2.16. The van der Waals surface area contributed by atoms with Crippen LogP contribution in [0.3, 0.4) is 0 Å². The van der Waals surface area contributed by atoms with Gasteiger partial charge in [-0.3, -0.25) is 0 Å². The molecule has 2 heterocycles. The molecule has 0 amide bonds. The van der Waals surface area contributed by atoms with Crippen molar-refractivity contribution >= 4 is 17.0 Å². The van der Waals surface area contributed by atoms with Crippen LogP contribution in [-0.2, 0) is 6.54 Å². The second-order valence-electron chi connectivity index (χ2n) is 4.58. The molecule has 0 saturated heterocycles. The zero-order valence-electron chi connectivity index (χ0n) is 9.95. The van der Waals surface area contributed by atoms with E-state index in [2.05, 4.69) is 25.6 Å². The van der Waals surface area contributed by atoms with Crippen LogP contribution >= 0.6 is 0 Å². The van der Waals surface area contributed by atoms with E-state index in [0.717, 1.165) is 41.8 Å². The molecule has 2 aromatic rings. The summed E-state index contributed by atoms with van der Waals surface area (Å²) in [6.45, 7) is 1.90. The number of nitrogens with zero attached hydrogens (tertiary/aromatic N) is 2. The Morgan fingerprint density at radius 1 is 1.35 bits per heavy atom. The number of nitrogens with one attached hydrogen (secondary N) is 3. The molecule has 0 bridgehead atoms. The summed E-state index contributed by atoms with van der Waals surface area (Å²) in [7, 11) is 1.86. The second kappa shape index (κ2) is 4.33. The average Bonchev–Trinajstić information content (AvgIpc) is 3.07. The first-order chi connectivity index (χ1) is 8.35. The number of aromatic nitrogens is 3. The molecular weight excluding hydrogens is 214 g/mol. The summed E-state index contributed by atoms with van der Waals surface area (Å²) in [5.74, 6) is 2.70. The quantitative estimate of drug-likeness (QED) is 0.729. The molecule has 1 aliphatic rings. The molecule has 5 nitrogen and oxygen atoms in total. The van der Waals surface area contributed by atoms with Crippen LogP contribution in [-0.4, -0.2) is 28.5 Å². The molecule has 0 unspecified atom stereocenters. The van der Waals surface area contributed by atoms with Gasteiger partial charge in [-0.2, -0.15) is 0 Å². The Morgan fingerprint density at radius 2 is 2.24 bits per heavy atom. The Kier molecular flexibility index (Phi) is 2.68. The first-order valence-electron chi connectivity index (χ1n) is 6.09. The van der Waals surface area contributed by atoms with Crippen LogP contribution < -0.4 is 10.6 Å². The number of aromatic amines is 1. The normalized spacial score (nSPS) is 15.4. The van der Waals surface area contributed by atoms with Gasteiger partial charge in [0, 0.05) is 7.05 Å². The highest BCUT2D eigenvalue weighted by Crippen LogP contribution is 2.27. The predicted octanol–water partition coefficient (Wildman–Crippen LogP) is 1.50.